The van der Waals surface area contributed by atoms with Crippen molar-refractivity contribution in [2.24, 2.45) is 0 Å². The molecule has 0 saturated heterocycles. The van der Waals surface area contributed by atoms with Gasteiger partial charge in [0, 0.05) is 16.6 Å². The lowest BCUT2D eigenvalue weighted by Gasteiger charge is -2.21. The van der Waals surface area contributed by atoms with Crippen LogP contribution in [-0.4, -0.2) is 30.3 Å². The van der Waals surface area contributed by atoms with Crippen LogP contribution in [0, 0.1) is 0 Å². The number of ether oxygens (including phenoxy) is 2. The van der Waals surface area contributed by atoms with E-state index in [0.29, 0.717) is 33.6 Å². The van der Waals surface area contributed by atoms with E-state index < -0.39 is 5.60 Å². The van der Waals surface area contributed by atoms with Crippen molar-refractivity contribution in [3.05, 3.63) is 57.9 Å². The molecular weight excluding hydrogens is 436 g/mol. The van der Waals surface area contributed by atoms with Crippen LogP contribution in [0.3, 0.4) is 0 Å². The van der Waals surface area contributed by atoms with Gasteiger partial charge in [0.2, 0.25) is 0 Å². The van der Waals surface area contributed by atoms with Crippen molar-refractivity contribution >= 4 is 40.2 Å². The fourth-order valence-corrected chi connectivity index (χ4v) is 4.57. The van der Waals surface area contributed by atoms with Gasteiger partial charge in [-0.2, -0.15) is 0 Å². The summed E-state index contributed by atoms with van der Waals surface area (Å²) in [5.41, 5.74) is 8.10. The first kappa shape index (κ1) is 21.5. The Morgan fingerprint density at radius 3 is 2.61 bits per heavy atom. The summed E-state index contributed by atoms with van der Waals surface area (Å²) < 4.78 is 11.1. The minimum Gasteiger partial charge on any atom is -0.493 e. The minimum absolute atomic E-state index is 0.0552. The molecule has 162 valence electrons. The first-order valence-corrected chi connectivity index (χ1v) is 10.9. The number of methoxy groups -OCH3 is 1. The van der Waals surface area contributed by atoms with E-state index in [4.69, 9.17) is 26.8 Å². The van der Waals surface area contributed by atoms with E-state index in [-0.39, 0.29) is 12.5 Å². The van der Waals surface area contributed by atoms with Crippen molar-refractivity contribution in [3.63, 3.8) is 0 Å². The summed E-state index contributed by atoms with van der Waals surface area (Å²) in [6.07, 6.45) is 0. The molecular formula is C23H23ClN2O4S. The summed E-state index contributed by atoms with van der Waals surface area (Å²) >= 11 is 7.46. The topological polar surface area (TPSA) is 85.0 Å². The van der Waals surface area contributed by atoms with E-state index in [1.165, 1.54) is 11.3 Å². The van der Waals surface area contributed by atoms with Crippen LogP contribution in [0.4, 0.5) is 11.4 Å². The number of anilines is 2. The molecule has 0 aliphatic carbocycles. The highest BCUT2D eigenvalue weighted by Crippen LogP contribution is 2.41. The predicted molar refractivity (Wildman–Crippen MR) is 124 cm³/mol. The number of fused-ring (bicyclic) bond motifs is 1. The summed E-state index contributed by atoms with van der Waals surface area (Å²) in [6, 6.07) is 12.9. The number of hydrogen-bond acceptors (Lipinski definition) is 6. The number of aliphatic hydroxyl groups is 1. The van der Waals surface area contributed by atoms with Crippen molar-refractivity contribution in [2.75, 3.05) is 24.4 Å². The number of nitrogens with zero attached hydrogens (tertiary/aromatic N) is 1. The molecule has 1 aliphatic heterocycles. The number of amides is 1. The van der Waals surface area contributed by atoms with Gasteiger partial charge in [0.1, 0.15) is 6.61 Å². The highest BCUT2D eigenvalue weighted by atomic mass is 35.5. The Morgan fingerprint density at radius 2 is 1.97 bits per heavy atom. The zero-order valence-electron chi connectivity index (χ0n) is 17.4. The van der Waals surface area contributed by atoms with Crippen molar-refractivity contribution < 1.29 is 19.4 Å². The second-order valence-corrected chi connectivity index (χ2v) is 9.49. The molecule has 31 heavy (non-hydrogen) atoms. The van der Waals surface area contributed by atoms with Gasteiger partial charge in [0.05, 0.1) is 34.8 Å². The van der Waals surface area contributed by atoms with E-state index in [1.807, 2.05) is 24.3 Å². The number of carbonyl (C=O) groups excluding carboxylic acids is 1. The third kappa shape index (κ3) is 4.35. The van der Waals surface area contributed by atoms with Crippen LogP contribution in [0.25, 0.3) is 10.4 Å². The third-order valence-corrected chi connectivity index (χ3v) is 6.46. The van der Waals surface area contributed by atoms with Crippen molar-refractivity contribution in [3.8, 4) is 21.9 Å². The fraction of sp³-hybridized carbons (Fsp3) is 0.261. The van der Waals surface area contributed by atoms with Crippen LogP contribution in [0.5, 0.6) is 11.5 Å². The molecule has 0 spiro atoms. The second kappa shape index (κ2) is 8.07. The maximum absolute atomic E-state index is 13.1. The summed E-state index contributed by atoms with van der Waals surface area (Å²) in [4.78, 5) is 16.5. The lowest BCUT2D eigenvalue weighted by molar-refractivity contribution is 0.0276. The molecule has 1 aliphatic rings. The van der Waals surface area contributed by atoms with Crippen LogP contribution in [0.2, 0.25) is 5.02 Å². The lowest BCUT2D eigenvalue weighted by Crippen LogP contribution is -2.28. The Kier molecular flexibility index (Phi) is 5.60. The van der Waals surface area contributed by atoms with Crippen molar-refractivity contribution in [1.29, 1.82) is 0 Å². The lowest BCUT2D eigenvalue weighted by atomic mass is 10.1. The second-order valence-electron chi connectivity index (χ2n) is 8.03. The van der Waals surface area contributed by atoms with Crippen LogP contribution >= 0.6 is 22.9 Å². The minimum atomic E-state index is -0.963. The van der Waals surface area contributed by atoms with Crippen LogP contribution < -0.4 is 20.1 Å². The molecule has 0 radical (unpaired) electrons. The van der Waals surface area contributed by atoms with E-state index >= 15 is 0 Å². The summed E-state index contributed by atoms with van der Waals surface area (Å²) in [7, 11) is 1.54. The number of nitrogen functional groups attached to an aromatic ring is 1. The molecule has 0 saturated carbocycles. The number of hydrogen-bond donors (Lipinski definition) is 2. The van der Waals surface area contributed by atoms with Crippen LogP contribution in [0.1, 0.15) is 29.1 Å². The zero-order chi connectivity index (χ0) is 22.3. The average Bonchev–Trinajstić information content (AvgIpc) is 3.27. The molecule has 0 atom stereocenters. The van der Waals surface area contributed by atoms with Gasteiger partial charge in [-0.15, -0.1) is 11.3 Å². The molecule has 0 fully saturated rings. The monoisotopic (exact) mass is 458 g/mol. The number of benzene rings is 2. The highest BCUT2D eigenvalue weighted by molar-refractivity contribution is 7.17. The number of rotatable bonds is 6. The van der Waals surface area contributed by atoms with E-state index in [2.05, 4.69) is 0 Å². The molecule has 8 heteroatoms. The quantitative estimate of drug-likeness (QED) is 0.509. The summed E-state index contributed by atoms with van der Waals surface area (Å²) in [6.45, 7) is 3.94. The van der Waals surface area contributed by atoms with Gasteiger partial charge in [-0.05, 0) is 55.3 Å². The number of carbonyl (C=O) groups is 1. The Hall–Kier alpha value is -2.74. The molecule has 0 bridgehead atoms. The van der Waals surface area contributed by atoms with Crippen LogP contribution in [-0.2, 0) is 6.54 Å². The van der Waals surface area contributed by atoms with Gasteiger partial charge in [-0.1, -0.05) is 17.7 Å². The smallest absolute Gasteiger partial charge is 0.269 e. The van der Waals surface area contributed by atoms with Gasteiger partial charge >= 0.3 is 0 Å². The van der Waals surface area contributed by atoms with Gasteiger partial charge in [0.25, 0.3) is 5.91 Å². The summed E-state index contributed by atoms with van der Waals surface area (Å²) in [5, 5.41) is 10.4. The average molecular weight is 459 g/mol. The largest absolute Gasteiger partial charge is 0.493 e. The molecule has 2 heterocycles. The molecule has 6 nitrogen and oxygen atoms in total. The Morgan fingerprint density at radius 1 is 1.19 bits per heavy atom. The summed E-state index contributed by atoms with van der Waals surface area (Å²) in [5.74, 6) is 0.958. The number of halogens is 1. The number of thiophene rings is 1. The predicted octanol–water partition coefficient (Wildman–Crippen LogP) is 4.97. The molecule has 1 aromatic heterocycles. The molecule has 2 aromatic carbocycles. The van der Waals surface area contributed by atoms with Crippen molar-refractivity contribution in [2.45, 2.75) is 26.0 Å². The number of nitrogens with two attached hydrogens (primary N) is 1. The van der Waals surface area contributed by atoms with E-state index in [9.17, 15) is 9.90 Å². The maximum atomic E-state index is 13.1. The first-order valence-electron chi connectivity index (χ1n) is 9.69. The molecule has 4 rings (SSSR count). The van der Waals surface area contributed by atoms with Gasteiger partial charge < -0.3 is 25.2 Å². The van der Waals surface area contributed by atoms with Gasteiger partial charge in [-0.3, -0.25) is 4.79 Å². The normalized spacial score (nSPS) is 13.5. The maximum Gasteiger partial charge on any atom is 0.269 e. The fourth-order valence-electron chi connectivity index (χ4n) is 3.34. The van der Waals surface area contributed by atoms with E-state index in [0.717, 1.165) is 21.7 Å². The molecule has 3 N–H and O–H groups in total. The Bertz CT molecular complexity index is 1150. The highest BCUT2D eigenvalue weighted by Gasteiger charge is 2.32. The van der Waals surface area contributed by atoms with Gasteiger partial charge in [0.15, 0.2) is 11.5 Å². The third-order valence-electron chi connectivity index (χ3n) is 4.90. The van der Waals surface area contributed by atoms with E-state index in [1.54, 1.807) is 44.1 Å². The Labute approximate surface area is 189 Å². The standard InChI is InChI=1S/C23H23ClN2O4S/c1-23(2,28)12-30-18-7-5-15(10-19(18)29-3)26-11-14-9-20(31-21(14)22(26)27)13-4-6-16(24)17(25)8-13/h4-10,28H,11-12,25H2,1-3H3. The van der Waals surface area contributed by atoms with Gasteiger partial charge in [-0.25, -0.2) is 0 Å². The zero-order valence-corrected chi connectivity index (χ0v) is 19.0. The van der Waals surface area contributed by atoms with Crippen molar-refractivity contribution in [1.82, 2.24) is 0 Å². The molecule has 3 aromatic rings. The SMILES string of the molecule is COc1cc(N2Cc3cc(-c4ccc(Cl)c(N)c4)sc3C2=O)ccc1OCC(C)(C)O. The molecule has 1 amide bonds. The molecule has 0 unspecified atom stereocenters. The Balaban J connectivity index is 1.56. The first-order chi connectivity index (χ1) is 14.7. The van der Waals surface area contributed by atoms with Crippen LogP contribution in [0.15, 0.2) is 42.5 Å².